The number of anilines is 2. The number of hydrogen-bond donors (Lipinski definition) is 1. The van der Waals surface area contributed by atoms with Gasteiger partial charge in [0.1, 0.15) is 16.9 Å². The van der Waals surface area contributed by atoms with E-state index in [0.29, 0.717) is 0 Å². The second-order valence-corrected chi connectivity index (χ2v) is 6.32. The van der Waals surface area contributed by atoms with Crippen LogP contribution < -0.4 is 5.32 Å². The fourth-order valence-electron chi connectivity index (χ4n) is 3.23. The van der Waals surface area contributed by atoms with E-state index in [4.69, 9.17) is 9.97 Å². The second-order valence-electron chi connectivity index (χ2n) is 6.32. The van der Waals surface area contributed by atoms with Gasteiger partial charge in [-0.3, -0.25) is 9.36 Å². The number of nitrogens with zero attached hydrogens (tertiary/aromatic N) is 6. The Balaban J connectivity index is 2.18. The van der Waals surface area contributed by atoms with Gasteiger partial charge in [0.05, 0.1) is 22.8 Å². The molecule has 1 N–H and O–H groups in total. The maximum absolute atomic E-state index is 4.81. The molecule has 0 unspecified atom stereocenters. The Morgan fingerprint density at radius 2 is 1.56 bits per heavy atom. The lowest BCUT2D eigenvalue weighted by atomic mass is 10.2. The largest absolute Gasteiger partial charge is 0.335 e. The Morgan fingerprint density at radius 1 is 0.880 bits per heavy atom. The van der Waals surface area contributed by atoms with Crippen molar-refractivity contribution in [3.8, 4) is 0 Å². The van der Waals surface area contributed by atoms with Crippen LogP contribution in [0.4, 0.5) is 11.5 Å². The summed E-state index contributed by atoms with van der Waals surface area (Å²) in [5, 5.41) is 12.8. The van der Waals surface area contributed by atoms with Gasteiger partial charge in [0.2, 0.25) is 0 Å². The standard InChI is InChI=1S/C18H27N7/c1-7-10-14-19-16-12(5)23-25(9-3)17(16)18(20-14)21-15-11(4)22-24(8-2)13(15)6/h7-10H2,1-6H3,(H,19,20,21). The molecule has 0 aliphatic heterocycles. The van der Waals surface area contributed by atoms with Crippen molar-refractivity contribution in [2.24, 2.45) is 0 Å². The van der Waals surface area contributed by atoms with Crippen molar-refractivity contribution in [2.45, 2.75) is 67.5 Å². The Kier molecular flexibility index (Phi) is 4.74. The van der Waals surface area contributed by atoms with Crippen LogP contribution in [0.5, 0.6) is 0 Å². The van der Waals surface area contributed by atoms with Gasteiger partial charge in [0.25, 0.3) is 0 Å². The number of fused-ring (bicyclic) bond motifs is 1. The Bertz CT molecular complexity index is 904. The van der Waals surface area contributed by atoms with Gasteiger partial charge in [0, 0.05) is 19.5 Å². The topological polar surface area (TPSA) is 73.5 Å². The molecule has 3 rings (SSSR count). The molecule has 0 radical (unpaired) electrons. The smallest absolute Gasteiger partial charge is 0.160 e. The first kappa shape index (κ1) is 17.4. The zero-order chi connectivity index (χ0) is 18.1. The Morgan fingerprint density at radius 3 is 2.16 bits per heavy atom. The molecule has 0 aromatic carbocycles. The maximum Gasteiger partial charge on any atom is 0.160 e. The van der Waals surface area contributed by atoms with Crippen LogP contribution in [0.3, 0.4) is 0 Å². The fourth-order valence-corrected chi connectivity index (χ4v) is 3.23. The predicted molar refractivity (Wildman–Crippen MR) is 100 cm³/mol. The summed E-state index contributed by atoms with van der Waals surface area (Å²) in [5.41, 5.74) is 5.94. The van der Waals surface area contributed by atoms with Crippen LogP contribution in [0, 0.1) is 20.8 Å². The van der Waals surface area contributed by atoms with E-state index in [1.54, 1.807) is 0 Å². The SMILES string of the molecule is CCCc1nc(Nc2c(C)nn(CC)c2C)c2c(n1)c(C)nn2CC. The van der Waals surface area contributed by atoms with Crippen molar-refractivity contribution in [1.29, 1.82) is 0 Å². The van der Waals surface area contributed by atoms with E-state index < -0.39 is 0 Å². The van der Waals surface area contributed by atoms with Gasteiger partial charge < -0.3 is 5.32 Å². The summed E-state index contributed by atoms with van der Waals surface area (Å²) >= 11 is 0. The van der Waals surface area contributed by atoms with Crippen LogP contribution in [0.15, 0.2) is 0 Å². The van der Waals surface area contributed by atoms with Crippen molar-refractivity contribution < 1.29 is 0 Å². The van der Waals surface area contributed by atoms with Crippen LogP contribution in [-0.2, 0) is 19.5 Å². The molecule has 0 atom stereocenters. The van der Waals surface area contributed by atoms with E-state index in [0.717, 1.165) is 71.4 Å². The summed E-state index contributed by atoms with van der Waals surface area (Å²) in [4.78, 5) is 9.55. The lowest BCUT2D eigenvalue weighted by molar-refractivity contribution is 0.634. The summed E-state index contributed by atoms with van der Waals surface area (Å²) in [6.45, 7) is 14.1. The predicted octanol–water partition coefficient (Wildman–Crippen LogP) is 3.68. The molecular weight excluding hydrogens is 314 g/mol. The summed E-state index contributed by atoms with van der Waals surface area (Å²) in [5.74, 6) is 1.67. The lowest BCUT2D eigenvalue weighted by Crippen LogP contribution is -2.06. The molecule has 7 nitrogen and oxygen atoms in total. The quantitative estimate of drug-likeness (QED) is 0.740. The van der Waals surface area contributed by atoms with E-state index in [2.05, 4.69) is 43.2 Å². The average molecular weight is 341 g/mol. The van der Waals surface area contributed by atoms with Gasteiger partial charge >= 0.3 is 0 Å². The number of rotatable bonds is 6. The second kappa shape index (κ2) is 6.82. The molecule has 0 aliphatic rings. The molecule has 0 saturated carbocycles. The van der Waals surface area contributed by atoms with Crippen LogP contribution in [0.1, 0.15) is 50.1 Å². The van der Waals surface area contributed by atoms with Gasteiger partial charge in [0.15, 0.2) is 5.82 Å². The normalized spacial score (nSPS) is 11.4. The highest BCUT2D eigenvalue weighted by molar-refractivity contribution is 5.89. The van der Waals surface area contributed by atoms with Crippen molar-refractivity contribution >= 4 is 22.5 Å². The van der Waals surface area contributed by atoms with Gasteiger partial charge in [-0.15, -0.1) is 0 Å². The maximum atomic E-state index is 4.81. The van der Waals surface area contributed by atoms with Crippen molar-refractivity contribution in [2.75, 3.05) is 5.32 Å². The van der Waals surface area contributed by atoms with E-state index in [1.165, 1.54) is 0 Å². The zero-order valence-corrected chi connectivity index (χ0v) is 16.0. The molecule has 0 amide bonds. The van der Waals surface area contributed by atoms with Gasteiger partial charge in [-0.1, -0.05) is 6.92 Å². The molecule has 3 aromatic rings. The average Bonchev–Trinajstić information content (AvgIpc) is 3.06. The van der Waals surface area contributed by atoms with Crippen molar-refractivity contribution in [1.82, 2.24) is 29.5 Å². The molecule has 3 aromatic heterocycles. The minimum atomic E-state index is 0.779. The van der Waals surface area contributed by atoms with Crippen molar-refractivity contribution in [3.05, 3.63) is 22.9 Å². The van der Waals surface area contributed by atoms with Gasteiger partial charge in [-0.25, -0.2) is 9.97 Å². The molecule has 3 heterocycles. The van der Waals surface area contributed by atoms with Crippen LogP contribution >= 0.6 is 0 Å². The first-order valence-corrected chi connectivity index (χ1v) is 9.05. The Hall–Kier alpha value is -2.44. The van der Waals surface area contributed by atoms with Crippen LogP contribution in [-0.4, -0.2) is 29.5 Å². The number of hydrogen-bond acceptors (Lipinski definition) is 5. The highest BCUT2D eigenvalue weighted by Crippen LogP contribution is 2.29. The highest BCUT2D eigenvalue weighted by Gasteiger charge is 2.18. The molecule has 134 valence electrons. The molecule has 0 spiro atoms. The third-order valence-corrected chi connectivity index (χ3v) is 4.50. The monoisotopic (exact) mass is 341 g/mol. The molecule has 0 bridgehead atoms. The third-order valence-electron chi connectivity index (χ3n) is 4.50. The minimum Gasteiger partial charge on any atom is -0.335 e. The zero-order valence-electron chi connectivity index (χ0n) is 16.0. The van der Waals surface area contributed by atoms with E-state index in [9.17, 15) is 0 Å². The van der Waals surface area contributed by atoms with E-state index in [-0.39, 0.29) is 0 Å². The molecule has 0 saturated heterocycles. The number of aryl methyl sites for hydroxylation is 5. The lowest BCUT2D eigenvalue weighted by Gasteiger charge is -2.11. The first-order valence-electron chi connectivity index (χ1n) is 9.05. The summed E-state index contributed by atoms with van der Waals surface area (Å²) in [6, 6.07) is 0. The third kappa shape index (κ3) is 2.99. The molecule has 0 fully saturated rings. The van der Waals surface area contributed by atoms with E-state index in [1.807, 2.05) is 23.2 Å². The summed E-state index contributed by atoms with van der Waals surface area (Å²) < 4.78 is 3.98. The highest BCUT2D eigenvalue weighted by atomic mass is 15.3. The Labute approximate surface area is 148 Å². The molecule has 0 aliphatic carbocycles. The summed E-state index contributed by atoms with van der Waals surface area (Å²) in [6.07, 6.45) is 1.87. The van der Waals surface area contributed by atoms with Crippen molar-refractivity contribution in [3.63, 3.8) is 0 Å². The molecule has 7 heteroatoms. The number of aromatic nitrogens is 6. The number of nitrogens with one attached hydrogen (secondary N) is 1. The van der Waals surface area contributed by atoms with Gasteiger partial charge in [-0.05, 0) is 41.0 Å². The molecule has 25 heavy (non-hydrogen) atoms. The van der Waals surface area contributed by atoms with Crippen LogP contribution in [0.2, 0.25) is 0 Å². The fraction of sp³-hybridized carbons (Fsp3) is 0.556. The minimum absolute atomic E-state index is 0.779. The summed E-state index contributed by atoms with van der Waals surface area (Å²) in [7, 11) is 0. The van der Waals surface area contributed by atoms with E-state index >= 15 is 0 Å². The van der Waals surface area contributed by atoms with Crippen LogP contribution in [0.25, 0.3) is 11.0 Å². The molecular formula is C18H27N7. The van der Waals surface area contributed by atoms with Gasteiger partial charge in [-0.2, -0.15) is 10.2 Å². The first-order chi connectivity index (χ1) is 12.0.